The number of nitrogens with one attached hydrogen (secondary N) is 2. The van der Waals surface area contributed by atoms with Crippen molar-refractivity contribution >= 4 is 17.0 Å². The molecule has 2 aromatic heterocycles. The summed E-state index contributed by atoms with van der Waals surface area (Å²) < 4.78 is 0. The van der Waals surface area contributed by atoms with Gasteiger partial charge in [-0.1, -0.05) is 19.3 Å². The minimum absolute atomic E-state index is 0.451. The monoisotopic (exact) mass is 245 g/mol. The maximum atomic E-state index is 4.32. The minimum atomic E-state index is 0.451. The van der Waals surface area contributed by atoms with Crippen LogP contribution in [0, 0.1) is 5.92 Å². The van der Waals surface area contributed by atoms with Gasteiger partial charge in [0.25, 0.3) is 0 Å². The van der Waals surface area contributed by atoms with E-state index in [0.29, 0.717) is 6.04 Å². The third kappa shape index (κ3) is 2.17. The number of hydrogen-bond acceptors (Lipinski definition) is 4. The molecule has 0 radical (unpaired) electrons. The summed E-state index contributed by atoms with van der Waals surface area (Å²) in [7, 11) is 0. The molecule has 2 heterocycles. The molecule has 5 nitrogen and oxygen atoms in total. The second-order valence-electron chi connectivity index (χ2n) is 5.15. The quantitative estimate of drug-likeness (QED) is 0.872. The first-order valence-corrected chi connectivity index (χ1v) is 6.75. The Bertz CT molecular complexity index is 515. The zero-order valence-electron chi connectivity index (χ0n) is 10.7. The van der Waals surface area contributed by atoms with Crippen LogP contribution in [-0.4, -0.2) is 26.0 Å². The van der Waals surface area contributed by atoms with Crippen molar-refractivity contribution in [3.63, 3.8) is 0 Å². The summed E-state index contributed by atoms with van der Waals surface area (Å²) >= 11 is 0. The molecule has 0 amide bonds. The molecule has 96 valence electrons. The number of rotatable bonds is 3. The van der Waals surface area contributed by atoms with E-state index in [1.807, 2.05) is 0 Å². The van der Waals surface area contributed by atoms with E-state index in [1.54, 1.807) is 12.7 Å². The Labute approximate surface area is 106 Å². The van der Waals surface area contributed by atoms with Crippen molar-refractivity contribution < 1.29 is 0 Å². The van der Waals surface area contributed by atoms with Gasteiger partial charge < -0.3 is 10.3 Å². The summed E-state index contributed by atoms with van der Waals surface area (Å²) in [6.45, 7) is 2.25. The Morgan fingerprint density at radius 2 is 2.06 bits per heavy atom. The molecule has 1 unspecified atom stereocenters. The Balaban J connectivity index is 1.77. The van der Waals surface area contributed by atoms with Crippen molar-refractivity contribution in [3.8, 4) is 0 Å². The molecule has 3 rings (SSSR count). The van der Waals surface area contributed by atoms with Gasteiger partial charge in [0.05, 0.1) is 6.33 Å². The maximum absolute atomic E-state index is 4.32. The molecule has 1 aliphatic carbocycles. The summed E-state index contributed by atoms with van der Waals surface area (Å²) in [5, 5.41) is 3.52. The molecule has 5 heteroatoms. The molecule has 0 bridgehead atoms. The van der Waals surface area contributed by atoms with Crippen molar-refractivity contribution in [2.45, 2.75) is 45.1 Å². The fourth-order valence-corrected chi connectivity index (χ4v) is 2.84. The number of nitrogens with zero attached hydrogens (tertiary/aromatic N) is 3. The Hall–Kier alpha value is -1.65. The standard InChI is InChI=1S/C13H19N5/c1-9(10-5-3-2-4-6-10)18-13-11-12(15-7-14-11)16-8-17-13/h7-10H,2-6H2,1H3,(H2,14,15,16,17,18). The van der Waals surface area contributed by atoms with Crippen LogP contribution in [0.1, 0.15) is 39.0 Å². The van der Waals surface area contributed by atoms with Crippen LogP contribution in [0.4, 0.5) is 5.82 Å². The van der Waals surface area contributed by atoms with Gasteiger partial charge in [0.15, 0.2) is 11.5 Å². The third-order valence-corrected chi connectivity index (χ3v) is 3.94. The highest BCUT2D eigenvalue weighted by atomic mass is 15.1. The van der Waals surface area contributed by atoms with Gasteiger partial charge in [0.1, 0.15) is 11.8 Å². The molecule has 2 aromatic rings. The van der Waals surface area contributed by atoms with Crippen molar-refractivity contribution in [3.05, 3.63) is 12.7 Å². The van der Waals surface area contributed by atoms with E-state index >= 15 is 0 Å². The topological polar surface area (TPSA) is 66.5 Å². The van der Waals surface area contributed by atoms with Gasteiger partial charge in [0, 0.05) is 6.04 Å². The van der Waals surface area contributed by atoms with Crippen molar-refractivity contribution in [2.75, 3.05) is 5.32 Å². The average Bonchev–Trinajstić information content (AvgIpc) is 2.89. The highest BCUT2D eigenvalue weighted by molar-refractivity contribution is 5.82. The molecule has 0 saturated heterocycles. The highest BCUT2D eigenvalue weighted by Gasteiger charge is 2.21. The lowest BCUT2D eigenvalue weighted by molar-refractivity contribution is 0.328. The first-order chi connectivity index (χ1) is 8.84. The predicted molar refractivity (Wildman–Crippen MR) is 71.3 cm³/mol. The number of aromatic amines is 1. The number of imidazole rings is 1. The van der Waals surface area contributed by atoms with Gasteiger partial charge in [-0.05, 0) is 25.7 Å². The van der Waals surface area contributed by atoms with Crippen LogP contribution in [-0.2, 0) is 0 Å². The molecule has 0 spiro atoms. The summed E-state index contributed by atoms with van der Waals surface area (Å²) in [4.78, 5) is 15.7. The van der Waals surface area contributed by atoms with E-state index in [9.17, 15) is 0 Å². The van der Waals surface area contributed by atoms with Gasteiger partial charge >= 0.3 is 0 Å². The SMILES string of the molecule is CC(Nc1ncnc2nc[nH]c12)C1CCCCC1. The van der Waals surface area contributed by atoms with Crippen molar-refractivity contribution in [2.24, 2.45) is 5.92 Å². The molecule has 1 aliphatic rings. The van der Waals surface area contributed by atoms with E-state index in [4.69, 9.17) is 0 Å². The maximum Gasteiger partial charge on any atom is 0.182 e. The van der Waals surface area contributed by atoms with Crippen LogP contribution in [0.25, 0.3) is 11.2 Å². The van der Waals surface area contributed by atoms with E-state index in [1.165, 1.54) is 32.1 Å². The second-order valence-corrected chi connectivity index (χ2v) is 5.15. The van der Waals surface area contributed by atoms with Crippen LogP contribution in [0.2, 0.25) is 0 Å². The van der Waals surface area contributed by atoms with Crippen LogP contribution in [0.15, 0.2) is 12.7 Å². The van der Waals surface area contributed by atoms with Crippen LogP contribution in [0.3, 0.4) is 0 Å². The Morgan fingerprint density at radius 3 is 2.89 bits per heavy atom. The van der Waals surface area contributed by atoms with E-state index in [-0.39, 0.29) is 0 Å². The van der Waals surface area contributed by atoms with Crippen molar-refractivity contribution in [1.29, 1.82) is 0 Å². The zero-order valence-corrected chi connectivity index (χ0v) is 10.7. The van der Waals surface area contributed by atoms with Crippen LogP contribution in [0.5, 0.6) is 0 Å². The molecular weight excluding hydrogens is 226 g/mol. The first kappa shape index (κ1) is 11.4. The number of hydrogen-bond donors (Lipinski definition) is 2. The highest BCUT2D eigenvalue weighted by Crippen LogP contribution is 2.28. The lowest BCUT2D eigenvalue weighted by Crippen LogP contribution is -2.28. The summed E-state index contributed by atoms with van der Waals surface area (Å²) in [6, 6.07) is 0.451. The normalized spacial score (nSPS) is 18.9. The number of aromatic nitrogens is 4. The molecule has 0 aliphatic heterocycles. The largest absolute Gasteiger partial charge is 0.365 e. The van der Waals surface area contributed by atoms with E-state index < -0.39 is 0 Å². The summed E-state index contributed by atoms with van der Waals surface area (Å²) in [6.07, 6.45) is 9.99. The third-order valence-electron chi connectivity index (χ3n) is 3.94. The molecular formula is C13H19N5. The zero-order chi connectivity index (χ0) is 12.4. The summed E-state index contributed by atoms with van der Waals surface area (Å²) in [5.41, 5.74) is 1.63. The number of fused-ring (bicyclic) bond motifs is 1. The molecule has 1 fully saturated rings. The molecule has 18 heavy (non-hydrogen) atoms. The minimum Gasteiger partial charge on any atom is -0.365 e. The first-order valence-electron chi connectivity index (χ1n) is 6.75. The number of anilines is 1. The molecule has 2 N–H and O–H groups in total. The summed E-state index contributed by atoms with van der Waals surface area (Å²) in [5.74, 6) is 1.63. The molecule has 1 atom stereocenters. The van der Waals surface area contributed by atoms with Gasteiger partial charge in [-0.2, -0.15) is 0 Å². The predicted octanol–water partition coefficient (Wildman–Crippen LogP) is 2.73. The average molecular weight is 245 g/mol. The van der Waals surface area contributed by atoms with Gasteiger partial charge in [-0.3, -0.25) is 0 Å². The second kappa shape index (κ2) is 4.92. The number of H-pyrrole nitrogens is 1. The van der Waals surface area contributed by atoms with Crippen LogP contribution >= 0.6 is 0 Å². The molecule has 0 aromatic carbocycles. The lowest BCUT2D eigenvalue weighted by atomic mass is 9.84. The van der Waals surface area contributed by atoms with Gasteiger partial charge in [-0.15, -0.1) is 0 Å². The van der Waals surface area contributed by atoms with Crippen LogP contribution < -0.4 is 5.32 Å². The van der Waals surface area contributed by atoms with Crippen molar-refractivity contribution in [1.82, 2.24) is 19.9 Å². The van der Waals surface area contributed by atoms with Gasteiger partial charge in [0.2, 0.25) is 0 Å². The Kier molecular flexibility index (Phi) is 3.13. The smallest absolute Gasteiger partial charge is 0.182 e. The lowest BCUT2D eigenvalue weighted by Gasteiger charge is -2.28. The Morgan fingerprint density at radius 1 is 1.22 bits per heavy atom. The molecule has 1 saturated carbocycles. The van der Waals surface area contributed by atoms with Gasteiger partial charge in [-0.25, -0.2) is 15.0 Å². The van der Waals surface area contributed by atoms with E-state index in [0.717, 1.165) is 22.9 Å². The van der Waals surface area contributed by atoms with E-state index in [2.05, 4.69) is 32.2 Å². The fourth-order valence-electron chi connectivity index (χ4n) is 2.84. The fraction of sp³-hybridized carbons (Fsp3) is 0.615.